The second-order valence-corrected chi connectivity index (χ2v) is 12.1. The van der Waals surface area contributed by atoms with E-state index in [1.165, 1.54) is 10.6 Å². The molecule has 39 heavy (non-hydrogen) atoms. The topological polar surface area (TPSA) is 111 Å². The van der Waals surface area contributed by atoms with Gasteiger partial charge in [0.2, 0.25) is 15.7 Å². The van der Waals surface area contributed by atoms with Crippen LogP contribution in [-0.2, 0) is 19.5 Å². The summed E-state index contributed by atoms with van der Waals surface area (Å²) < 4.78 is 44.6. The van der Waals surface area contributed by atoms with Crippen molar-refractivity contribution in [3.8, 4) is 11.3 Å². The molecule has 1 amide bonds. The largest absolute Gasteiger partial charge is 0.437 e. The number of aromatic nitrogens is 1. The zero-order valence-electron chi connectivity index (χ0n) is 23.5. The Morgan fingerprint density at radius 3 is 2.54 bits per heavy atom. The normalized spacial score (nSPS) is 14.5. The number of furan rings is 1. The highest BCUT2D eigenvalue weighted by molar-refractivity contribution is 7.92. The van der Waals surface area contributed by atoms with E-state index in [0.717, 1.165) is 36.0 Å². The number of nitrogens with zero attached hydrogens (tertiary/aromatic N) is 2. The molecule has 9 nitrogen and oxygen atoms in total. The number of ether oxygens (including phenoxy) is 2. The lowest BCUT2D eigenvalue weighted by Crippen LogP contribution is -2.33. The molecule has 0 aliphatic heterocycles. The molecule has 10 heteroatoms. The third-order valence-electron chi connectivity index (χ3n) is 7.10. The molecular weight excluding hydrogens is 518 g/mol. The fraction of sp³-hybridized carbons (Fsp3) is 0.517. The molecule has 1 unspecified atom stereocenters. The summed E-state index contributed by atoms with van der Waals surface area (Å²) in [5.41, 5.74) is 3.32. The van der Waals surface area contributed by atoms with Gasteiger partial charge in [0.05, 0.1) is 36.5 Å². The van der Waals surface area contributed by atoms with Crippen LogP contribution in [0.15, 0.2) is 34.7 Å². The predicted octanol–water partition coefficient (Wildman–Crippen LogP) is 5.03. The molecule has 1 saturated carbocycles. The first-order valence-corrected chi connectivity index (χ1v) is 15.4. The molecule has 0 radical (unpaired) electrons. The summed E-state index contributed by atoms with van der Waals surface area (Å²) in [4.78, 5) is 17.8. The van der Waals surface area contributed by atoms with Gasteiger partial charge in [-0.05, 0) is 56.6 Å². The number of amides is 1. The number of hydrogen-bond donors (Lipinski definition) is 1. The highest BCUT2D eigenvalue weighted by Crippen LogP contribution is 2.46. The van der Waals surface area contributed by atoms with Crippen LogP contribution in [0.2, 0.25) is 0 Å². The van der Waals surface area contributed by atoms with Gasteiger partial charge in [-0.25, -0.2) is 8.42 Å². The lowest BCUT2D eigenvalue weighted by molar-refractivity contribution is 0.0110. The van der Waals surface area contributed by atoms with E-state index in [-0.39, 0.29) is 30.2 Å². The number of sulfonamides is 1. The SMILES string of the molecule is CCC(CCCN(c1nc2oc(-c3ccc(C)cc3)c(C(=O)NC)c2cc1C1CC1)S(C)(=O)=O)OCCOC. The van der Waals surface area contributed by atoms with Crippen molar-refractivity contribution in [1.29, 1.82) is 0 Å². The Morgan fingerprint density at radius 2 is 1.95 bits per heavy atom. The molecule has 1 N–H and O–H groups in total. The van der Waals surface area contributed by atoms with Gasteiger partial charge >= 0.3 is 0 Å². The number of carbonyl (C=O) groups excluding carboxylic acids is 1. The molecule has 3 aromatic rings. The molecule has 0 bridgehead atoms. The number of rotatable bonds is 14. The third kappa shape index (κ3) is 6.80. The summed E-state index contributed by atoms with van der Waals surface area (Å²) in [6.45, 7) is 5.34. The van der Waals surface area contributed by atoms with Crippen molar-refractivity contribution in [2.24, 2.45) is 0 Å². The molecule has 4 rings (SSSR count). The molecule has 1 fully saturated rings. The fourth-order valence-electron chi connectivity index (χ4n) is 4.78. The first kappa shape index (κ1) is 29.0. The summed E-state index contributed by atoms with van der Waals surface area (Å²) in [7, 11) is -0.417. The summed E-state index contributed by atoms with van der Waals surface area (Å²) in [6, 6.07) is 9.63. The van der Waals surface area contributed by atoms with Gasteiger partial charge in [0.1, 0.15) is 11.6 Å². The Morgan fingerprint density at radius 1 is 1.23 bits per heavy atom. The monoisotopic (exact) mass is 557 g/mol. The van der Waals surface area contributed by atoms with Crippen LogP contribution in [0.3, 0.4) is 0 Å². The molecule has 1 aliphatic rings. The average molecular weight is 558 g/mol. The number of benzene rings is 1. The van der Waals surface area contributed by atoms with E-state index in [0.29, 0.717) is 48.6 Å². The van der Waals surface area contributed by atoms with Crippen LogP contribution in [0.1, 0.15) is 66.4 Å². The van der Waals surface area contributed by atoms with E-state index in [2.05, 4.69) is 12.2 Å². The van der Waals surface area contributed by atoms with E-state index in [1.807, 2.05) is 37.3 Å². The molecule has 212 valence electrons. The van der Waals surface area contributed by atoms with E-state index >= 15 is 0 Å². The number of pyridine rings is 1. The summed E-state index contributed by atoms with van der Waals surface area (Å²) in [5.74, 6) is 0.714. The van der Waals surface area contributed by atoms with E-state index in [1.54, 1.807) is 14.2 Å². The van der Waals surface area contributed by atoms with Crippen LogP contribution in [-0.4, -0.2) is 65.6 Å². The summed E-state index contributed by atoms with van der Waals surface area (Å²) in [5, 5.41) is 3.30. The molecule has 1 aliphatic carbocycles. The highest BCUT2D eigenvalue weighted by atomic mass is 32.2. The maximum absolute atomic E-state index is 13.0. The maximum atomic E-state index is 13.0. The van der Waals surface area contributed by atoms with Gasteiger partial charge in [-0.2, -0.15) is 4.98 Å². The highest BCUT2D eigenvalue weighted by Gasteiger charge is 2.34. The third-order valence-corrected chi connectivity index (χ3v) is 8.25. The zero-order chi connectivity index (χ0) is 28.2. The van der Waals surface area contributed by atoms with Crippen molar-refractivity contribution >= 4 is 32.8 Å². The number of carbonyl (C=O) groups is 1. The first-order chi connectivity index (χ1) is 18.7. The first-order valence-electron chi connectivity index (χ1n) is 13.5. The Hall–Kier alpha value is -2.95. The van der Waals surface area contributed by atoms with Crippen molar-refractivity contribution in [3.63, 3.8) is 0 Å². The Balaban J connectivity index is 1.74. The van der Waals surface area contributed by atoms with Crippen LogP contribution in [0, 0.1) is 6.92 Å². The van der Waals surface area contributed by atoms with Crippen LogP contribution >= 0.6 is 0 Å². The Bertz CT molecular complexity index is 1400. The Labute approximate surface area is 230 Å². The van der Waals surface area contributed by atoms with Gasteiger partial charge in [-0.1, -0.05) is 36.8 Å². The van der Waals surface area contributed by atoms with Crippen LogP contribution in [0.25, 0.3) is 22.4 Å². The van der Waals surface area contributed by atoms with Crippen molar-refractivity contribution in [1.82, 2.24) is 10.3 Å². The second kappa shape index (κ2) is 12.5. The lowest BCUT2D eigenvalue weighted by atomic mass is 10.0. The predicted molar refractivity (Wildman–Crippen MR) is 153 cm³/mol. The number of fused-ring (bicyclic) bond motifs is 1. The molecule has 0 spiro atoms. The molecule has 2 aromatic heterocycles. The smallest absolute Gasteiger partial charge is 0.255 e. The quantitative estimate of drug-likeness (QED) is 0.277. The van der Waals surface area contributed by atoms with Gasteiger partial charge in [-0.15, -0.1) is 0 Å². The van der Waals surface area contributed by atoms with Crippen LogP contribution in [0.4, 0.5) is 5.82 Å². The minimum Gasteiger partial charge on any atom is -0.437 e. The zero-order valence-corrected chi connectivity index (χ0v) is 24.3. The average Bonchev–Trinajstić information content (AvgIpc) is 3.69. The number of anilines is 1. The van der Waals surface area contributed by atoms with Crippen molar-refractivity contribution in [2.75, 3.05) is 44.5 Å². The van der Waals surface area contributed by atoms with Crippen molar-refractivity contribution in [2.45, 2.75) is 58.0 Å². The summed E-state index contributed by atoms with van der Waals surface area (Å²) in [6.07, 6.45) is 5.28. The molecule has 0 saturated heterocycles. The van der Waals surface area contributed by atoms with Gasteiger partial charge in [0, 0.05) is 26.3 Å². The lowest BCUT2D eigenvalue weighted by Gasteiger charge is -2.25. The Kier molecular flexibility index (Phi) is 9.30. The number of hydrogen-bond acceptors (Lipinski definition) is 7. The summed E-state index contributed by atoms with van der Waals surface area (Å²) >= 11 is 0. The van der Waals surface area contributed by atoms with Crippen molar-refractivity contribution in [3.05, 3.63) is 47.0 Å². The minimum atomic E-state index is -3.63. The van der Waals surface area contributed by atoms with Crippen LogP contribution < -0.4 is 9.62 Å². The van der Waals surface area contributed by atoms with Gasteiger partial charge in [0.15, 0.2) is 0 Å². The van der Waals surface area contributed by atoms with E-state index in [9.17, 15) is 13.2 Å². The molecule has 2 heterocycles. The molecular formula is C29H39N3O6S. The van der Waals surface area contributed by atoms with E-state index < -0.39 is 10.0 Å². The van der Waals surface area contributed by atoms with E-state index in [4.69, 9.17) is 18.9 Å². The number of aryl methyl sites for hydroxylation is 1. The van der Waals surface area contributed by atoms with Gasteiger partial charge < -0.3 is 19.2 Å². The number of methoxy groups -OCH3 is 1. The molecule has 1 aromatic carbocycles. The second-order valence-electron chi connectivity index (χ2n) is 10.2. The molecule has 1 atom stereocenters. The van der Waals surface area contributed by atoms with Gasteiger partial charge in [0.25, 0.3) is 5.91 Å². The van der Waals surface area contributed by atoms with Crippen molar-refractivity contribution < 1.29 is 27.1 Å². The fourth-order valence-corrected chi connectivity index (χ4v) is 5.70. The maximum Gasteiger partial charge on any atom is 0.255 e. The van der Waals surface area contributed by atoms with Gasteiger partial charge in [-0.3, -0.25) is 9.10 Å². The van der Waals surface area contributed by atoms with Crippen LogP contribution in [0.5, 0.6) is 0 Å². The minimum absolute atomic E-state index is 0.0251. The standard InChI is InChI=1S/C29H39N3O6S/c1-6-22(37-17-16-36-4)8-7-15-32(39(5,34)35)27-23(20-13-14-20)18-24-25(28(33)30-3)26(38-29(24)31-27)21-11-9-19(2)10-12-21/h9-12,18,20,22H,6-8,13-17H2,1-5H3,(H,30,33). The number of nitrogens with one attached hydrogen (secondary N) is 1.